The van der Waals surface area contributed by atoms with Gasteiger partial charge in [0.25, 0.3) is 0 Å². The molecule has 0 saturated carbocycles. The normalized spacial score (nSPS) is 10.7. The Kier molecular flexibility index (Phi) is 6.19. The molecule has 0 spiro atoms. The first-order valence-electron chi connectivity index (χ1n) is 7.64. The fourth-order valence-corrected chi connectivity index (χ4v) is 3.54. The Bertz CT molecular complexity index is 910. The summed E-state index contributed by atoms with van der Waals surface area (Å²) >= 11 is 13.6. The van der Waals surface area contributed by atoms with E-state index in [1.54, 1.807) is 36.5 Å². The number of nitrogens with zero attached hydrogens (tertiary/aromatic N) is 2. The molecule has 0 aliphatic rings. The van der Waals surface area contributed by atoms with Gasteiger partial charge in [-0.15, -0.1) is 0 Å². The summed E-state index contributed by atoms with van der Waals surface area (Å²) in [5.74, 6) is 0.774. The molecule has 0 N–H and O–H groups in total. The molecule has 0 aliphatic heterocycles. The Morgan fingerprint density at radius 3 is 2.69 bits per heavy atom. The van der Waals surface area contributed by atoms with Gasteiger partial charge in [0.1, 0.15) is 17.4 Å². The number of esters is 1. The van der Waals surface area contributed by atoms with Gasteiger partial charge < -0.3 is 9.26 Å². The first-order chi connectivity index (χ1) is 12.5. The maximum absolute atomic E-state index is 12.5. The summed E-state index contributed by atoms with van der Waals surface area (Å²) in [5.41, 5.74) is 1.72. The molecule has 0 atom stereocenters. The third-order valence-electron chi connectivity index (χ3n) is 3.43. The van der Waals surface area contributed by atoms with Crippen LogP contribution < -0.4 is 0 Å². The highest BCUT2D eigenvalue weighted by Crippen LogP contribution is 2.27. The van der Waals surface area contributed by atoms with E-state index >= 15 is 0 Å². The molecule has 1 aromatic carbocycles. The highest BCUT2D eigenvalue weighted by atomic mass is 35.5. The van der Waals surface area contributed by atoms with Crippen molar-refractivity contribution in [3.8, 4) is 0 Å². The zero-order valence-corrected chi connectivity index (χ0v) is 16.1. The van der Waals surface area contributed by atoms with Gasteiger partial charge >= 0.3 is 5.97 Å². The number of ether oxygens (including phenoxy) is 1. The van der Waals surface area contributed by atoms with E-state index in [1.807, 2.05) is 13.0 Å². The molecule has 0 amide bonds. The van der Waals surface area contributed by atoms with E-state index in [0.29, 0.717) is 32.0 Å². The zero-order valence-electron chi connectivity index (χ0n) is 13.7. The summed E-state index contributed by atoms with van der Waals surface area (Å²) in [4.78, 5) is 16.7. The van der Waals surface area contributed by atoms with Crippen molar-refractivity contribution >= 4 is 40.9 Å². The van der Waals surface area contributed by atoms with Crippen LogP contribution in [0.1, 0.15) is 27.4 Å². The lowest BCUT2D eigenvalue weighted by atomic mass is 10.2. The quantitative estimate of drug-likeness (QED) is 0.405. The molecule has 0 unspecified atom stereocenters. The standard InChI is InChI=1S/C18H14Cl2N2O3S/c1-11-8-12(22-25-11)10-26-17-13(4-3-7-21-17)18(23)24-9-14-15(19)5-2-6-16(14)20/h2-8H,9-10H2,1H3. The molecule has 26 heavy (non-hydrogen) atoms. The molecule has 2 heterocycles. The van der Waals surface area contributed by atoms with Crippen molar-refractivity contribution in [3.05, 3.63) is 75.2 Å². The lowest BCUT2D eigenvalue weighted by Gasteiger charge is -2.10. The summed E-state index contributed by atoms with van der Waals surface area (Å²) in [7, 11) is 0. The van der Waals surface area contributed by atoms with Crippen LogP contribution in [0, 0.1) is 6.92 Å². The summed E-state index contributed by atoms with van der Waals surface area (Å²) in [6, 6.07) is 10.3. The Hall–Kier alpha value is -2.02. The van der Waals surface area contributed by atoms with E-state index in [2.05, 4.69) is 10.1 Å². The molecule has 8 heteroatoms. The zero-order chi connectivity index (χ0) is 18.5. The van der Waals surface area contributed by atoms with Crippen molar-refractivity contribution in [1.29, 1.82) is 0 Å². The number of aromatic nitrogens is 2. The number of halogens is 2. The van der Waals surface area contributed by atoms with E-state index in [4.69, 9.17) is 32.5 Å². The van der Waals surface area contributed by atoms with Gasteiger partial charge in [0.05, 0.1) is 11.3 Å². The maximum atomic E-state index is 12.5. The maximum Gasteiger partial charge on any atom is 0.341 e. The summed E-state index contributed by atoms with van der Waals surface area (Å²) in [5, 5.41) is 5.39. The van der Waals surface area contributed by atoms with Crippen LogP contribution in [-0.2, 0) is 17.1 Å². The largest absolute Gasteiger partial charge is 0.457 e. The molecule has 3 rings (SSSR count). The van der Waals surface area contributed by atoms with Crippen molar-refractivity contribution in [2.24, 2.45) is 0 Å². The summed E-state index contributed by atoms with van der Waals surface area (Å²) in [6.07, 6.45) is 1.62. The minimum Gasteiger partial charge on any atom is -0.457 e. The number of carbonyl (C=O) groups is 1. The van der Waals surface area contributed by atoms with Crippen molar-refractivity contribution in [1.82, 2.24) is 10.1 Å². The minimum absolute atomic E-state index is 0.0151. The molecular formula is C18H14Cl2N2O3S. The molecule has 0 aliphatic carbocycles. The highest BCUT2D eigenvalue weighted by Gasteiger charge is 2.16. The van der Waals surface area contributed by atoms with Gasteiger partial charge in [-0.25, -0.2) is 9.78 Å². The lowest BCUT2D eigenvalue weighted by molar-refractivity contribution is 0.0468. The number of aryl methyl sites for hydroxylation is 1. The van der Waals surface area contributed by atoms with Gasteiger partial charge in [0.2, 0.25) is 0 Å². The van der Waals surface area contributed by atoms with Crippen LogP contribution >= 0.6 is 35.0 Å². The van der Waals surface area contributed by atoms with Crippen molar-refractivity contribution < 1.29 is 14.1 Å². The van der Waals surface area contributed by atoms with Crippen LogP contribution in [0.5, 0.6) is 0 Å². The second-order valence-electron chi connectivity index (χ2n) is 5.35. The van der Waals surface area contributed by atoms with Gasteiger partial charge in [-0.1, -0.05) is 46.2 Å². The molecular weight excluding hydrogens is 395 g/mol. The van der Waals surface area contributed by atoms with E-state index in [9.17, 15) is 4.79 Å². The number of pyridine rings is 1. The van der Waals surface area contributed by atoms with E-state index in [0.717, 1.165) is 11.5 Å². The number of thioether (sulfide) groups is 1. The van der Waals surface area contributed by atoms with Gasteiger partial charge in [0, 0.05) is 33.6 Å². The SMILES string of the molecule is Cc1cc(CSc2ncccc2C(=O)OCc2c(Cl)cccc2Cl)no1. The topological polar surface area (TPSA) is 65.2 Å². The second-order valence-corrected chi connectivity index (χ2v) is 7.13. The van der Waals surface area contributed by atoms with Crippen LogP contribution in [0.4, 0.5) is 0 Å². The van der Waals surface area contributed by atoms with E-state index < -0.39 is 5.97 Å². The van der Waals surface area contributed by atoms with Crippen molar-refractivity contribution in [2.75, 3.05) is 0 Å². The second kappa shape index (κ2) is 8.58. The molecule has 0 fully saturated rings. The number of carbonyl (C=O) groups excluding carboxylic acids is 1. The van der Waals surface area contributed by atoms with E-state index in [1.165, 1.54) is 11.8 Å². The average molecular weight is 409 g/mol. The number of rotatable bonds is 6. The Morgan fingerprint density at radius 2 is 2.00 bits per heavy atom. The molecule has 0 saturated heterocycles. The Labute approximate surface area is 164 Å². The van der Waals surface area contributed by atoms with Crippen LogP contribution in [0.25, 0.3) is 0 Å². The van der Waals surface area contributed by atoms with Gasteiger partial charge in [-0.05, 0) is 31.2 Å². The molecule has 5 nitrogen and oxygen atoms in total. The third-order valence-corrected chi connectivity index (χ3v) is 5.18. The first-order valence-corrected chi connectivity index (χ1v) is 9.39. The van der Waals surface area contributed by atoms with Gasteiger partial charge in [-0.3, -0.25) is 0 Å². The number of hydrogen-bond acceptors (Lipinski definition) is 6. The van der Waals surface area contributed by atoms with Gasteiger partial charge in [-0.2, -0.15) is 0 Å². The lowest BCUT2D eigenvalue weighted by Crippen LogP contribution is -2.08. The van der Waals surface area contributed by atoms with Gasteiger partial charge in [0.15, 0.2) is 0 Å². The highest BCUT2D eigenvalue weighted by molar-refractivity contribution is 7.98. The molecule has 0 radical (unpaired) electrons. The smallest absolute Gasteiger partial charge is 0.341 e. The van der Waals surface area contributed by atoms with E-state index in [-0.39, 0.29) is 6.61 Å². The third kappa shape index (κ3) is 4.58. The number of hydrogen-bond donors (Lipinski definition) is 0. The summed E-state index contributed by atoms with van der Waals surface area (Å²) in [6.45, 7) is 1.81. The predicted molar refractivity (Wildman–Crippen MR) is 101 cm³/mol. The summed E-state index contributed by atoms with van der Waals surface area (Å²) < 4.78 is 10.4. The van der Waals surface area contributed by atoms with Crippen LogP contribution in [0.2, 0.25) is 10.0 Å². The van der Waals surface area contributed by atoms with Crippen LogP contribution in [0.3, 0.4) is 0 Å². The van der Waals surface area contributed by atoms with Crippen LogP contribution in [-0.4, -0.2) is 16.1 Å². The van der Waals surface area contributed by atoms with Crippen LogP contribution in [0.15, 0.2) is 52.1 Å². The predicted octanol–water partition coefficient (Wildman–Crippen LogP) is 5.33. The fourth-order valence-electron chi connectivity index (χ4n) is 2.18. The Balaban J connectivity index is 1.69. The van der Waals surface area contributed by atoms with Crippen molar-refractivity contribution in [2.45, 2.75) is 24.3 Å². The molecule has 0 bridgehead atoms. The molecule has 3 aromatic rings. The average Bonchev–Trinajstić information content (AvgIpc) is 3.05. The molecule has 2 aromatic heterocycles. The molecule has 134 valence electrons. The monoisotopic (exact) mass is 408 g/mol. The number of benzene rings is 1. The van der Waals surface area contributed by atoms with Crippen molar-refractivity contribution in [3.63, 3.8) is 0 Å². The first kappa shape index (κ1) is 18.8. The Morgan fingerprint density at radius 1 is 1.23 bits per heavy atom. The minimum atomic E-state index is -0.493. The fraction of sp³-hybridized carbons (Fsp3) is 0.167.